The van der Waals surface area contributed by atoms with Gasteiger partial charge in [0.05, 0.1) is 11.2 Å². The second-order valence-electron chi connectivity index (χ2n) is 6.04. The molecular formula is C18H22ClN3O2. The monoisotopic (exact) mass is 347 g/mol. The van der Waals surface area contributed by atoms with E-state index in [0.29, 0.717) is 35.6 Å². The Bertz CT molecular complexity index is 693. The zero-order chi connectivity index (χ0) is 16.9. The molecule has 1 N–H and O–H groups in total. The van der Waals surface area contributed by atoms with Crippen LogP contribution in [0.15, 0.2) is 34.9 Å². The van der Waals surface area contributed by atoms with Crippen molar-refractivity contribution in [1.29, 1.82) is 0 Å². The van der Waals surface area contributed by atoms with Crippen molar-refractivity contribution in [2.24, 2.45) is 0 Å². The summed E-state index contributed by atoms with van der Waals surface area (Å²) in [5.41, 5.74) is 0.818. The summed E-state index contributed by atoms with van der Waals surface area (Å²) in [6, 6.07) is 8.01. The normalized spacial score (nSPS) is 15.7. The maximum absolute atomic E-state index is 12.3. The van der Waals surface area contributed by atoms with Gasteiger partial charge in [-0.3, -0.25) is 4.79 Å². The molecule has 0 radical (unpaired) electrons. The molecule has 1 amide bonds. The molecule has 0 spiro atoms. The Hall–Kier alpha value is -1.85. The first-order valence-corrected chi connectivity index (χ1v) is 8.70. The maximum Gasteiger partial charge on any atom is 0.223 e. The van der Waals surface area contributed by atoms with E-state index in [2.05, 4.69) is 10.3 Å². The van der Waals surface area contributed by atoms with Crippen LogP contribution in [-0.4, -0.2) is 42.0 Å². The van der Waals surface area contributed by atoms with Gasteiger partial charge in [0.1, 0.15) is 0 Å². The van der Waals surface area contributed by atoms with E-state index in [4.69, 9.17) is 16.0 Å². The Balaban J connectivity index is 1.54. The van der Waals surface area contributed by atoms with Crippen LogP contribution in [0.4, 0.5) is 0 Å². The van der Waals surface area contributed by atoms with Gasteiger partial charge in [-0.15, -0.1) is 0 Å². The highest BCUT2D eigenvalue weighted by Gasteiger charge is 2.22. The molecule has 1 fully saturated rings. The molecule has 6 heteroatoms. The molecule has 24 heavy (non-hydrogen) atoms. The van der Waals surface area contributed by atoms with Gasteiger partial charge in [-0.25, -0.2) is 4.98 Å². The minimum absolute atomic E-state index is 0.169. The molecule has 0 bridgehead atoms. The predicted octanol–water partition coefficient (Wildman–Crippen LogP) is 3.14. The maximum atomic E-state index is 12.3. The van der Waals surface area contributed by atoms with Crippen LogP contribution in [0.1, 0.15) is 25.2 Å². The number of aryl methyl sites for hydroxylation is 1. The Kier molecular flexibility index (Phi) is 5.53. The van der Waals surface area contributed by atoms with Gasteiger partial charge in [0.2, 0.25) is 5.91 Å². The number of piperidine rings is 1. The minimum atomic E-state index is 0.169. The van der Waals surface area contributed by atoms with Crippen LogP contribution in [0.5, 0.6) is 0 Å². The molecule has 1 saturated heterocycles. The fourth-order valence-electron chi connectivity index (χ4n) is 3.00. The topological polar surface area (TPSA) is 58.4 Å². The van der Waals surface area contributed by atoms with E-state index in [0.717, 1.165) is 31.5 Å². The second-order valence-corrected chi connectivity index (χ2v) is 6.45. The Morgan fingerprint density at radius 3 is 2.83 bits per heavy atom. The smallest absolute Gasteiger partial charge is 0.223 e. The summed E-state index contributed by atoms with van der Waals surface area (Å²) in [5.74, 6) is 1.38. The average Bonchev–Trinajstić information content (AvgIpc) is 3.09. The number of oxazole rings is 1. The number of halogens is 1. The van der Waals surface area contributed by atoms with Crippen molar-refractivity contribution in [2.75, 3.05) is 20.1 Å². The van der Waals surface area contributed by atoms with Gasteiger partial charge in [0, 0.05) is 37.5 Å². The summed E-state index contributed by atoms with van der Waals surface area (Å²) in [4.78, 5) is 18.5. The van der Waals surface area contributed by atoms with E-state index in [9.17, 15) is 4.79 Å². The molecule has 3 rings (SSSR count). The van der Waals surface area contributed by atoms with Crippen molar-refractivity contribution in [3.05, 3.63) is 41.4 Å². The van der Waals surface area contributed by atoms with Crippen LogP contribution in [0.2, 0.25) is 5.02 Å². The van der Waals surface area contributed by atoms with Crippen LogP contribution in [0.25, 0.3) is 11.3 Å². The number of rotatable bonds is 5. The largest absolute Gasteiger partial charge is 0.441 e. The predicted molar refractivity (Wildman–Crippen MR) is 93.9 cm³/mol. The molecule has 128 valence electrons. The molecule has 2 aromatic rings. The van der Waals surface area contributed by atoms with E-state index >= 15 is 0 Å². The van der Waals surface area contributed by atoms with Gasteiger partial charge in [-0.05, 0) is 32.0 Å². The van der Waals surface area contributed by atoms with Crippen LogP contribution < -0.4 is 5.32 Å². The SMILES string of the molecule is CNC1CCN(C(=O)CCc2ncc(-c3ccccc3Cl)o2)CC1. The molecule has 0 aliphatic carbocycles. The molecule has 1 aromatic carbocycles. The molecule has 1 aliphatic heterocycles. The summed E-state index contributed by atoms with van der Waals surface area (Å²) in [6.07, 6.45) is 4.62. The molecule has 2 heterocycles. The fraction of sp³-hybridized carbons (Fsp3) is 0.444. The van der Waals surface area contributed by atoms with Gasteiger partial charge in [0.15, 0.2) is 11.7 Å². The summed E-state index contributed by atoms with van der Waals surface area (Å²) in [7, 11) is 1.97. The lowest BCUT2D eigenvalue weighted by molar-refractivity contribution is -0.132. The van der Waals surface area contributed by atoms with Crippen LogP contribution in [0.3, 0.4) is 0 Å². The van der Waals surface area contributed by atoms with Crippen LogP contribution in [0, 0.1) is 0 Å². The van der Waals surface area contributed by atoms with Gasteiger partial charge < -0.3 is 14.6 Å². The summed E-state index contributed by atoms with van der Waals surface area (Å²) in [5, 5.41) is 3.90. The lowest BCUT2D eigenvalue weighted by Crippen LogP contribution is -2.44. The number of aromatic nitrogens is 1. The second kappa shape index (κ2) is 7.81. The van der Waals surface area contributed by atoms with Crippen LogP contribution in [-0.2, 0) is 11.2 Å². The van der Waals surface area contributed by atoms with Crippen LogP contribution >= 0.6 is 11.6 Å². The van der Waals surface area contributed by atoms with Crippen molar-refractivity contribution >= 4 is 17.5 Å². The summed E-state index contributed by atoms with van der Waals surface area (Å²) in [6.45, 7) is 1.64. The average molecular weight is 348 g/mol. The Labute approximate surface area is 147 Å². The standard InChI is InChI=1S/C18H22ClN3O2/c1-20-13-8-10-22(11-9-13)18(23)7-6-17-21-12-16(24-17)14-4-2-3-5-15(14)19/h2-5,12-13,20H,6-11H2,1H3. The molecule has 0 saturated carbocycles. The number of hydrogen-bond donors (Lipinski definition) is 1. The zero-order valence-corrected chi connectivity index (χ0v) is 14.6. The van der Waals surface area contributed by atoms with Crippen molar-refractivity contribution in [1.82, 2.24) is 15.2 Å². The van der Waals surface area contributed by atoms with E-state index < -0.39 is 0 Å². The highest BCUT2D eigenvalue weighted by Crippen LogP contribution is 2.28. The van der Waals surface area contributed by atoms with Crippen molar-refractivity contribution in [3.8, 4) is 11.3 Å². The first-order valence-electron chi connectivity index (χ1n) is 8.32. The van der Waals surface area contributed by atoms with E-state index in [1.165, 1.54) is 0 Å². The summed E-state index contributed by atoms with van der Waals surface area (Å²) >= 11 is 6.17. The number of carbonyl (C=O) groups is 1. The third-order valence-electron chi connectivity index (χ3n) is 4.50. The number of carbonyl (C=O) groups excluding carboxylic acids is 1. The lowest BCUT2D eigenvalue weighted by atomic mass is 10.0. The number of hydrogen-bond acceptors (Lipinski definition) is 4. The van der Waals surface area contributed by atoms with Gasteiger partial charge in [-0.1, -0.05) is 23.7 Å². The van der Waals surface area contributed by atoms with Gasteiger partial charge >= 0.3 is 0 Å². The first-order chi connectivity index (χ1) is 11.7. The highest BCUT2D eigenvalue weighted by atomic mass is 35.5. The minimum Gasteiger partial charge on any atom is -0.441 e. The number of benzene rings is 1. The molecule has 1 aliphatic rings. The first kappa shape index (κ1) is 17.0. The van der Waals surface area contributed by atoms with Crippen molar-refractivity contribution in [2.45, 2.75) is 31.7 Å². The fourth-order valence-corrected chi connectivity index (χ4v) is 3.23. The zero-order valence-electron chi connectivity index (χ0n) is 13.8. The summed E-state index contributed by atoms with van der Waals surface area (Å²) < 4.78 is 5.75. The molecule has 0 atom stereocenters. The van der Waals surface area contributed by atoms with Gasteiger partial charge in [-0.2, -0.15) is 0 Å². The molecule has 1 aromatic heterocycles. The number of nitrogens with zero attached hydrogens (tertiary/aromatic N) is 2. The van der Waals surface area contributed by atoms with Crippen molar-refractivity contribution < 1.29 is 9.21 Å². The number of nitrogens with one attached hydrogen (secondary N) is 1. The van der Waals surface area contributed by atoms with E-state index in [1.807, 2.05) is 36.2 Å². The van der Waals surface area contributed by atoms with Gasteiger partial charge in [0.25, 0.3) is 0 Å². The quantitative estimate of drug-likeness (QED) is 0.902. The number of likely N-dealkylation sites (tertiary alicyclic amines) is 1. The van der Waals surface area contributed by atoms with E-state index in [1.54, 1.807) is 6.20 Å². The lowest BCUT2D eigenvalue weighted by Gasteiger charge is -2.31. The van der Waals surface area contributed by atoms with Crippen molar-refractivity contribution in [3.63, 3.8) is 0 Å². The third kappa shape index (κ3) is 3.97. The Morgan fingerprint density at radius 1 is 1.38 bits per heavy atom. The highest BCUT2D eigenvalue weighted by molar-refractivity contribution is 6.33. The number of amides is 1. The van der Waals surface area contributed by atoms with E-state index in [-0.39, 0.29) is 5.91 Å². The molecule has 0 unspecified atom stereocenters. The Morgan fingerprint density at radius 2 is 2.12 bits per heavy atom. The molecular weight excluding hydrogens is 326 g/mol. The molecule has 5 nitrogen and oxygen atoms in total. The third-order valence-corrected chi connectivity index (χ3v) is 4.83.